The zero-order chi connectivity index (χ0) is 21.1. The van der Waals surface area contributed by atoms with Gasteiger partial charge in [-0.15, -0.1) is 0 Å². The molecule has 4 rings (SSSR count). The summed E-state index contributed by atoms with van der Waals surface area (Å²) >= 11 is 0. The summed E-state index contributed by atoms with van der Waals surface area (Å²) in [7, 11) is 3.10. The number of rotatable bonds is 4. The zero-order valence-corrected chi connectivity index (χ0v) is 17.4. The highest BCUT2D eigenvalue weighted by Gasteiger charge is 2.23. The second kappa shape index (κ2) is 8.44. The van der Waals surface area contributed by atoms with Crippen LogP contribution in [-0.4, -0.2) is 61.3 Å². The van der Waals surface area contributed by atoms with E-state index >= 15 is 0 Å². The first-order chi connectivity index (χ1) is 14.6. The number of hydrogen-bond acceptors (Lipinski definition) is 6. The Morgan fingerprint density at radius 3 is 2.43 bits per heavy atom. The highest BCUT2D eigenvalue weighted by Crippen LogP contribution is 2.26. The summed E-state index contributed by atoms with van der Waals surface area (Å²) in [6.45, 7) is 4.91. The molecular formula is C22H25N5O3. The number of para-hydroxylation sites is 1. The van der Waals surface area contributed by atoms with E-state index < -0.39 is 0 Å². The van der Waals surface area contributed by atoms with Gasteiger partial charge in [0, 0.05) is 37.9 Å². The van der Waals surface area contributed by atoms with Crippen molar-refractivity contribution >= 4 is 28.6 Å². The molecule has 0 aliphatic carbocycles. The van der Waals surface area contributed by atoms with Crippen molar-refractivity contribution in [2.75, 3.05) is 50.6 Å². The third-order valence-corrected chi connectivity index (χ3v) is 5.28. The third-order valence-electron chi connectivity index (χ3n) is 5.28. The molecule has 0 atom stereocenters. The van der Waals surface area contributed by atoms with Crippen molar-refractivity contribution in [2.45, 2.75) is 6.92 Å². The number of aryl methyl sites for hydroxylation is 1. The molecular weight excluding hydrogens is 382 g/mol. The van der Waals surface area contributed by atoms with Crippen molar-refractivity contribution in [3.8, 4) is 11.6 Å². The van der Waals surface area contributed by atoms with E-state index in [1.807, 2.05) is 12.1 Å². The van der Waals surface area contributed by atoms with E-state index in [-0.39, 0.29) is 11.9 Å². The second-order valence-corrected chi connectivity index (χ2v) is 7.13. The summed E-state index contributed by atoms with van der Waals surface area (Å²) < 4.78 is 10.6. The average Bonchev–Trinajstić information content (AvgIpc) is 2.78. The average molecular weight is 407 g/mol. The number of methoxy groups -OCH3 is 2. The van der Waals surface area contributed by atoms with Gasteiger partial charge in [0.15, 0.2) is 5.82 Å². The smallest absolute Gasteiger partial charge is 0.323 e. The van der Waals surface area contributed by atoms with Crippen LogP contribution in [0.3, 0.4) is 0 Å². The van der Waals surface area contributed by atoms with Gasteiger partial charge in [-0.25, -0.2) is 14.8 Å². The standard InChI is InChI=1S/C22H25N5O3/c1-15-6-4-5-7-19(15)26-10-12-27(13-11-26)22(28)25-20-21(30-3)24-18-14-16(29-2)8-9-17(18)23-20/h4-9,14H,10-13H2,1-3H3,(H,23,25,28). The van der Waals surface area contributed by atoms with Gasteiger partial charge in [0.1, 0.15) is 5.75 Å². The molecule has 1 aromatic heterocycles. The summed E-state index contributed by atoms with van der Waals surface area (Å²) in [6.07, 6.45) is 0. The van der Waals surface area contributed by atoms with Gasteiger partial charge in [0.25, 0.3) is 5.88 Å². The molecule has 0 unspecified atom stereocenters. The minimum Gasteiger partial charge on any atom is -0.497 e. The van der Waals surface area contributed by atoms with Crippen molar-refractivity contribution in [3.05, 3.63) is 48.0 Å². The Morgan fingerprint density at radius 2 is 1.73 bits per heavy atom. The van der Waals surface area contributed by atoms with Gasteiger partial charge in [-0.05, 0) is 30.7 Å². The number of nitrogens with zero attached hydrogens (tertiary/aromatic N) is 4. The van der Waals surface area contributed by atoms with Gasteiger partial charge in [-0.2, -0.15) is 0 Å². The maximum absolute atomic E-state index is 12.8. The Morgan fingerprint density at radius 1 is 0.967 bits per heavy atom. The van der Waals surface area contributed by atoms with Crippen LogP contribution in [0.15, 0.2) is 42.5 Å². The molecule has 1 aliphatic rings. The first-order valence-electron chi connectivity index (χ1n) is 9.85. The predicted octanol–water partition coefficient (Wildman–Crippen LogP) is 3.31. The lowest BCUT2D eigenvalue weighted by Crippen LogP contribution is -2.50. The van der Waals surface area contributed by atoms with E-state index in [9.17, 15) is 4.79 Å². The minimum absolute atomic E-state index is 0.208. The number of fused-ring (bicyclic) bond motifs is 1. The lowest BCUT2D eigenvalue weighted by molar-refractivity contribution is 0.208. The van der Waals surface area contributed by atoms with E-state index in [4.69, 9.17) is 9.47 Å². The van der Waals surface area contributed by atoms with Crippen molar-refractivity contribution in [1.82, 2.24) is 14.9 Å². The molecule has 8 heteroatoms. The first kappa shape index (κ1) is 19.8. The lowest BCUT2D eigenvalue weighted by atomic mass is 10.1. The van der Waals surface area contributed by atoms with E-state index in [1.165, 1.54) is 18.4 Å². The number of piperazine rings is 1. The predicted molar refractivity (Wildman–Crippen MR) is 117 cm³/mol. The minimum atomic E-state index is -0.208. The number of benzene rings is 2. The van der Waals surface area contributed by atoms with Crippen LogP contribution in [0.5, 0.6) is 11.6 Å². The van der Waals surface area contributed by atoms with Gasteiger partial charge in [0.05, 0.1) is 25.3 Å². The van der Waals surface area contributed by atoms with Crippen LogP contribution in [0.2, 0.25) is 0 Å². The van der Waals surface area contributed by atoms with Crippen LogP contribution < -0.4 is 19.7 Å². The molecule has 1 fully saturated rings. The Balaban J connectivity index is 1.46. The SMILES string of the molecule is COc1ccc2nc(NC(=O)N3CCN(c4ccccc4C)CC3)c(OC)nc2c1. The van der Waals surface area contributed by atoms with Crippen LogP contribution >= 0.6 is 0 Å². The topological polar surface area (TPSA) is 79.8 Å². The van der Waals surface area contributed by atoms with E-state index in [0.29, 0.717) is 35.7 Å². The van der Waals surface area contributed by atoms with Crippen LogP contribution in [0, 0.1) is 6.92 Å². The van der Waals surface area contributed by atoms with Crippen molar-refractivity contribution in [3.63, 3.8) is 0 Å². The molecule has 0 radical (unpaired) electrons. The number of carbonyl (C=O) groups excluding carboxylic acids is 1. The number of aromatic nitrogens is 2. The lowest BCUT2D eigenvalue weighted by Gasteiger charge is -2.36. The Kier molecular flexibility index (Phi) is 5.56. The van der Waals surface area contributed by atoms with Crippen LogP contribution in [0.4, 0.5) is 16.3 Å². The number of amides is 2. The van der Waals surface area contributed by atoms with E-state index in [1.54, 1.807) is 30.2 Å². The normalized spacial score (nSPS) is 14.0. The number of nitrogens with one attached hydrogen (secondary N) is 1. The molecule has 0 bridgehead atoms. The molecule has 2 aromatic carbocycles. The molecule has 30 heavy (non-hydrogen) atoms. The molecule has 1 saturated heterocycles. The Bertz CT molecular complexity index is 1060. The zero-order valence-electron chi connectivity index (χ0n) is 17.4. The summed E-state index contributed by atoms with van der Waals surface area (Å²) in [4.78, 5) is 25.9. The van der Waals surface area contributed by atoms with Crippen LogP contribution in [0.1, 0.15) is 5.56 Å². The number of hydrogen-bond donors (Lipinski definition) is 1. The fraction of sp³-hybridized carbons (Fsp3) is 0.318. The molecule has 1 aliphatic heterocycles. The van der Waals surface area contributed by atoms with E-state index in [2.05, 4.69) is 39.2 Å². The van der Waals surface area contributed by atoms with Gasteiger partial charge in [0.2, 0.25) is 0 Å². The van der Waals surface area contributed by atoms with Crippen LogP contribution in [0.25, 0.3) is 11.0 Å². The second-order valence-electron chi connectivity index (χ2n) is 7.13. The van der Waals surface area contributed by atoms with Gasteiger partial charge < -0.3 is 19.3 Å². The van der Waals surface area contributed by atoms with Gasteiger partial charge in [-0.3, -0.25) is 5.32 Å². The summed E-state index contributed by atoms with van der Waals surface area (Å²) in [5.74, 6) is 1.26. The molecule has 1 N–H and O–H groups in total. The number of carbonyl (C=O) groups is 1. The van der Waals surface area contributed by atoms with Crippen molar-refractivity contribution in [2.24, 2.45) is 0 Å². The highest BCUT2D eigenvalue weighted by molar-refractivity contribution is 5.91. The summed E-state index contributed by atoms with van der Waals surface area (Å²) in [5.41, 5.74) is 3.74. The first-order valence-corrected chi connectivity index (χ1v) is 9.85. The number of urea groups is 1. The Hall–Kier alpha value is -3.55. The molecule has 2 amide bonds. The van der Waals surface area contributed by atoms with Gasteiger partial charge in [-0.1, -0.05) is 18.2 Å². The maximum Gasteiger partial charge on any atom is 0.323 e. The fourth-order valence-electron chi connectivity index (χ4n) is 3.62. The molecule has 156 valence electrons. The molecule has 3 aromatic rings. The fourth-order valence-corrected chi connectivity index (χ4v) is 3.62. The third kappa shape index (κ3) is 3.94. The summed E-state index contributed by atoms with van der Waals surface area (Å²) in [5, 5.41) is 2.86. The van der Waals surface area contributed by atoms with E-state index in [0.717, 1.165) is 13.1 Å². The highest BCUT2D eigenvalue weighted by atomic mass is 16.5. The molecule has 2 heterocycles. The van der Waals surface area contributed by atoms with Crippen LogP contribution in [-0.2, 0) is 0 Å². The molecule has 0 spiro atoms. The van der Waals surface area contributed by atoms with Crippen molar-refractivity contribution < 1.29 is 14.3 Å². The molecule has 8 nitrogen and oxygen atoms in total. The van der Waals surface area contributed by atoms with Crippen molar-refractivity contribution in [1.29, 1.82) is 0 Å². The monoisotopic (exact) mass is 407 g/mol. The quantitative estimate of drug-likeness (QED) is 0.715. The Labute approximate surface area is 175 Å². The number of ether oxygens (including phenoxy) is 2. The largest absolute Gasteiger partial charge is 0.497 e. The summed E-state index contributed by atoms with van der Waals surface area (Å²) in [6, 6.07) is 13.5. The maximum atomic E-state index is 12.8. The van der Waals surface area contributed by atoms with Gasteiger partial charge >= 0.3 is 6.03 Å². The molecule has 0 saturated carbocycles. The number of anilines is 2.